The summed E-state index contributed by atoms with van der Waals surface area (Å²) in [5.41, 5.74) is 2.29. The number of hydrogen-bond acceptors (Lipinski definition) is 7. The lowest BCUT2D eigenvalue weighted by atomic mass is 10.2. The summed E-state index contributed by atoms with van der Waals surface area (Å²) in [4.78, 5) is 0. The van der Waals surface area contributed by atoms with Crippen molar-refractivity contribution in [1.29, 1.82) is 0 Å². The molecule has 29 heavy (non-hydrogen) atoms. The van der Waals surface area contributed by atoms with Gasteiger partial charge in [-0.3, -0.25) is 0 Å². The van der Waals surface area contributed by atoms with E-state index < -0.39 is 7.82 Å². The van der Waals surface area contributed by atoms with Crippen LogP contribution in [0.25, 0.3) is 0 Å². The van der Waals surface area contributed by atoms with Gasteiger partial charge in [-0.2, -0.15) is 4.57 Å². The van der Waals surface area contributed by atoms with Crippen LogP contribution in [0.15, 0.2) is 54.6 Å². The van der Waals surface area contributed by atoms with Crippen molar-refractivity contribution in [1.82, 2.24) is 0 Å². The van der Waals surface area contributed by atoms with Gasteiger partial charge in [-0.15, -0.1) is 0 Å². The van der Waals surface area contributed by atoms with E-state index in [0.29, 0.717) is 0 Å². The minimum atomic E-state index is -4.49. The lowest BCUT2D eigenvalue weighted by Gasteiger charge is -2.21. The molecular weight excluding hydrogens is 395 g/mol. The van der Waals surface area contributed by atoms with Crippen molar-refractivity contribution < 1.29 is 33.5 Å². The van der Waals surface area contributed by atoms with Crippen LogP contribution in [0.1, 0.15) is 16.7 Å². The van der Waals surface area contributed by atoms with Crippen LogP contribution in [0.3, 0.4) is 0 Å². The lowest BCUT2D eigenvalue weighted by molar-refractivity contribution is 0.282. The monoisotopic (exact) mass is 416 g/mol. The Kier molecular flexibility index (Phi) is 5.62. The molecule has 7 nitrogen and oxygen atoms in total. The smallest absolute Gasteiger partial charge is 0.504 e. The zero-order valence-corrected chi connectivity index (χ0v) is 17.0. The van der Waals surface area contributed by atoms with Crippen LogP contribution in [0.4, 0.5) is 0 Å². The molecule has 0 aromatic heterocycles. The third-order valence-electron chi connectivity index (χ3n) is 3.97. The first kappa shape index (κ1) is 20.4. The molecule has 0 aliphatic rings. The van der Waals surface area contributed by atoms with Gasteiger partial charge in [0.15, 0.2) is 34.5 Å². The normalized spacial score (nSPS) is 11.1. The number of phosphoric ester groups is 1. The summed E-state index contributed by atoms with van der Waals surface area (Å²) in [5, 5.41) is 30.3. The molecule has 0 saturated carbocycles. The molecule has 3 aromatic rings. The van der Waals surface area contributed by atoms with Crippen molar-refractivity contribution in [3.05, 3.63) is 71.3 Å². The molecule has 3 rings (SSSR count). The predicted molar refractivity (Wildman–Crippen MR) is 108 cm³/mol. The number of hydrogen-bond donors (Lipinski definition) is 3. The first-order chi connectivity index (χ1) is 13.6. The fourth-order valence-electron chi connectivity index (χ4n) is 2.53. The molecule has 0 spiro atoms. The van der Waals surface area contributed by atoms with Crippen LogP contribution in [0.5, 0.6) is 34.5 Å². The van der Waals surface area contributed by atoms with Crippen LogP contribution in [0, 0.1) is 20.8 Å². The van der Waals surface area contributed by atoms with E-state index in [1.165, 1.54) is 36.4 Å². The van der Waals surface area contributed by atoms with Gasteiger partial charge in [0.05, 0.1) is 0 Å². The van der Waals surface area contributed by atoms with E-state index in [9.17, 15) is 19.9 Å². The van der Waals surface area contributed by atoms with Gasteiger partial charge in [0.1, 0.15) is 0 Å². The molecule has 152 valence electrons. The zero-order valence-electron chi connectivity index (χ0n) is 16.1. The predicted octanol–water partition coefficient (Wildman–Crippen LogP) is 5.37. The van der Waals surface area contributed by atoms with Gasteiger partial charge >= 0.3 is 7.82 Å². The van der Waals surface area contributed by atoms with Crippen molar-refractivity contribution in [3.8, 4) is 34.5 Å². The maximum absolute atomic E-state index is 13.4. The van der Waals surface area contributed by atoms with Crippen molar-refractivity contribution in [2.24, 2.45) is 0 Å². The standard InChI is InChI=1S/C21H21O7P/c1-13-4-7-19(16(22)10-13)26-29(25,27-20-8-5-14(2)11-17(20)23)28-21-9-6-15(3)12-18(21)24/h4-12,22-24H,1-3H3. The van der Waals surface area contributed by atoms with Crippen molar-refractivity contribution >= 4 is 7.82 Å². The van der Waals surface area contributed by atoms with Crippen LogP contribution in [0.2, 0.25) is 0 Å². The average molecular weight is 416 g/mol. The minimum absolute atomic E-state index is 0.142. The zero-order chi connectivity index (χ0) is 21.2. The Morgan fingerprint density at radius 2 is 0.862 bits per heavy atom. The number of rotatable bonds is 6. The third kappa shape index (κ3) is 4.95. The molecule has 0 aliphatic carbocycles. The van der Waals surface area contributed by atoms with E-state index in [0.717, 1.165) is 16.7 Å². The highest BCUT2D eigenvalue weighted by Gasteiger charge is 2.36. The van der Waals surface area contributed by atoms with Gasteiger partial charge in [0, 0.05) is 0 Å². The Hall–Kier alpha value is -3.31. The van der Waals surface area contributed by atoms with Crippen LogP contribution in [-0.4, -0.2) is 15.3 Å². The summed E-state index contributed by atoms with van der Waals surface area (Å²) < 4.78 is 29.6. The Morgan fingerprint density at radius 3 is 1.10 bits per heavy atom. The number of aryl methyl sites for hydroxylation is 3. The highest BCUT2D eigenvalue weighted by Crippen LogP contribution is 2.54. The van der Waals surface area contributed by atoms with Crippen molar-refractivity contribution in [3.63, 3.8) is 0 Å². The van der Waals surface area contributed by atoms with Gasteiger partial charge in [-0.05, 0) is 73.9 Å². The van der Waals surface area contributed by atoms with E-state index in [1.54, 1.807) is 39.0 Å². The van der Waals surface area contributed by atoms with E-state index in [-0.39, 0.29) is 34.5 Å². The number of aromatic hydroxyl groups is 3. The molecular formula is C21H21O7P. The van der Waals surface area contributed by atoms with Gasteiger partial charge in [-0.25, -0.2) is 0 Å². The first-order valence-electron chi connectivity index (χ1n) is 8.73. The van der Waals surface area contributed by atoms with Crippen LogP contribution >= 0.6 is 7.82 Å². The molecule has 0 atom stereocenters. The van der Waals surface area contributed by atoms with Crippen molar-refractivity contribution in [2.45, 2.75) is 20.8 Å². The van der Waals surface area contributed by atoms with E-state index in [1.807, 2.05) is 0 Å². The molecule has 0 radical (unpaired) electrons. The molecule has 0 fully saturated rings. The van der Waals surface area contributed by atoms with E-state index >= 15 is 0 Å². The molecule has 3 N–H and O–H groups in total. The minimum Gasteiger partial charge on any atom is -0.504 e. The third-order valence-corrected chi connectivity index (χ3v) is 5.23. The number of benzene rings is 3. The summed E-state index contributed by atoms with van der Waals surface area (Å²) in [6.45, 7) is 5.31. The molecule has 0 aliphatic heterocycles. The molecule has 8 heteroatoms. The highest BCUT2D eigenvalue weighted by molar-refractivity contribution is 7.49. The van der Waals surface area contributed by atoms with E-state index in [4.69, 9.17) is 13.6 Å². The fourth-order valence-corrected chi connectivity index (χ4v) is 3.83. The maximum atomic E-state index is 13.4. The van der Waals surface area contributed by atoms with Gasteiger partial charge in [-0.1, -0.05) is 18.2 Å². The summed E-state index contributed by atoms with van der Waals surface area (Å²) in [5.74, 6) is -1.22. The average Bonchev–Trinajstić information content (AvgIpc) is 2.63. The Bertz CT molecular complexity index is 958. The highest BCUT2D eigenvalue weighted by atomic mass is 31.2. The number of phosphoric acid groups is 1. The molecule has 0 saturated heterocycles. The Balaban J connectivity index is 2.00. The molecule has 0 amide bonds. The Morgan fingerprint density at radius 1 is 0.586 bits per heavy atom. The summed E-state index contributed by atoms with van der Waals surface area (Å²) in [6.07, 6.45) is 0. The molecule has 0 unspecified atom stereocenters. The largest absolute Gasteiger partial charge is 0.647 e. The van der Waals surface area contributed by atoms with Gasteiger partial charge < -0.3 is 28.9 Å². The second-order valence-corrected chi connectivity index (χ2v) is 8.08. The number of phenolic OH excluding ortho intramolecular Hbond substituents is 3. The van der Waals surface area contributed by atoms with Gasteiger partial charge in [0.2, 0.25) is 0 Å². The SMILES string of the molecule is Cc1ccc(OP(=O)(Oc2ccc(C)cc2O)Oc2ccc(C)cc2O)c(O)c1. The van der Waals surface area contributed by atoms with Gasteiger partial charge in [0.25, 0.3) is 0 Å². The lowest BCUT2D eigenvalue weighted by Crippen LogP contribution is -2.08. The summed E-state index contributed by atoms with van der Waals surface area (Å²) in [7, 11) is -4.49. The quantitative estimate of drug-likeness (QED) is 0.464. The van der Waals surface area contributed by atoms with E-state index in [2.05, 4.69) is 0 Å². The van der Waals surface area contributed by atoms with Crippen molar-refractivity contribution in [2.75, 3.05) is 0 Å². The second-order valence-electron chi connectivity index (χ2n) is 6.63. The van der Waals surface area contributed by atoms with Crippen LogP contribution < -0.4 is 13.6 Å². The molecule has 0 bridgehead atoms. The Labute approximate surface area is 168 Å². The topological polar surface area (TPSA) is 105 Å². The first-order valence-corrected chi connectivity index (χ1v) is 10.2. The second kappa shape index (κ2) is 7.97. The fraction of sp³-hybridized carbons (Fsp3) is 0.143. The maximum Gasteiger partial charge on any atom is 0.647 e. The van der Waals surface area contributed by atoms with Crippen LogP contribution in [-0.2, 0) is 4.57 Å². The number of phenols is 3. The summed E-state index contributed by atoms with van der Waals surface area (Å²) in [6, 6.07) is 13.4. The molecule has 3 aromatic carbocycles. The molecule has 0 heterocycles. The summed E-state index contributed by atoms with van der Waals surface area (Å²) >= 11 is 0.